The average molecular weight is 539 g/mol. The van der Waals surface area contributed by atoms with Crippen molar-refractivity contribution in [1.29, 1.82) is 0 Å². The maximum atomic E-state index is 14.7. The van der Waals surface area contributed by atoms with Crippen LogP contribution in [0.1, 0.15) is 0 Å². The summed E-state index contributed by atoms with van der Waals surface area (Å²) in [6, 6.07) is 12.0. The molecule has 0 unspecified atom stereocenters. The number of methoxy groups -OCH3 is 2. The molecule has 2 aromatic carbocycles. The molecule has 7 nitrogen and oxygen atoms in total. The number of rotatable bonds is 7. The predicted octanol–water partition coefficient (Wildman–Crippen LogP) is 5.81. The first-order chi connectivity index (χ1) is 15.3. The normalized spacial score (nSPS) is 11.4. The molecule has 11 heteroatoms. The lowest BCUT2D eigenvalue weighted by molar-refractivity contribution is 0.355. The third-order valence-corrected chi connectivity index (χ3v) is 7.91. The number of aromatic nitrogens is 1. The highest BCUT2D eigenvalue weighted by molar-refractivity contribution is 9.11. The van der Waals surface area contributed by atoms with Gasteiger partial charge in [-0.1, -0.05) is 0 Å². The van der Waals surface area contributed by atoms with Gasteiger partial charge in [0.15, 0.2) is 17.3 Å². The highest BCUT2D eigenvalue weighted by atomic mass is 79.9. The van der Waals surface area contributed by atoms with Crippen molar-refractivity contribution < 1.29 is 27.0 Å². The Kier molecular flexibility index (Phi) is 6.22. The van der Waals surface area contributed by atoms with E-state index >= 15 is 0 Å². The molecule has 0 bridgehead atoms. The fourth-order valence-corrected chi connectivity index (χ4v) is 6.02. The monoisotopic (exact) mass is 538 g/mol. The van der Waals surface area contributed by atoms with Crippen LogP contribution in [0.5, 0.6) is 23.0 Å². The zero-order valence-corrected chi connectivity index (χ0v) is 20.0. The standard InChI is InChI=1S/C21H16BrFN2O5S2/c1-28-18-10-13-16(11-19(18)29-2)24-8-7-17(13)30-12-3-4-15(14(23)9-12)25-32(26,27)21-6-5-20(22)31-21/h3-11,25H,1-2H3. The molecule has 4 rings (SSSR count). The zero-order chi connectivity index (χ0) is 22.9. The SMILES string of the molecule is COc1cc2nccc(Oc3ccc(NS(=O)(=O)c4ccc(Br)s4)c(F)c3)c2cc1OC. The number of fused-ring (bicyclic) bond motifs is 1. The Morgan fingerprint density at radius 2 is 1.75 bits per heavy atom. The van der Waals surface area contributed by atoms with Crippen LogP contribution >= 0.6 is 27.3 Å². The number of sulfonamides is 1. The number of benzene rings is 2. The van der Waals surface area contributed by atoms with Crippen molar-refractivity contribution in [2.45, 2.75) is 4.21 Å². The molecule has 2 aromatic heterocycles. The van der Waals surface area contributed by atoms with Gasteiger partial charge < -0.3 is 14.2 Å². The summed E-state index contributed by atoms with van der Waals surface area (Å²) in [5, 5.41) is 0.638. The average Bonchev–Trinajstić information content (AvgIpc) is 3.22. The molecule has 0 radical (unpaired) electrons. The summed E-state index contributed by atoms with van der Waals surface area (Å²) in [5.74, 6) is 0.845. The lowest BCUT2D eigenvalue weighted by atomic mass is 10.2. The van der Waals surface area contributed by atoms with Gasteiger partial charge in [0, 0.05) is 23.7 Å². The van der Waals surface area contributed by atoms with Crippen LogP contribution in [-0.2, 0) is 10.0 Å². The predicted molar refractivity (Wildman–Crippen MR) is 124 cm³/mol. The van der Waals surface area contributed by atoms with Gasteiger partial charge in [0.2, 0.25) is 0 Å². The van der Waals surface area contributed by atoms with Crippen LogP contribution in [0.2, 0.25) is 0 Å². The van der Waals surface area contributed by atoms with E-state index in [0.29, 0.717) is 31.9 Å². The highest BCUT2D eigenvalue weighted by Gasteiger charge is 2.19. The van der Waals surface area contributed by atoms with Crippen molar-refractivity contribution in [3.8, 4) is 23.0 Å². The molecule has 0 aliphatic heterocycles. The summed E-state index contributed by atoms with van der Waals surface area (Å²) in [6.07, 6.45) is 1.56. The third kappa shape index (κ3) is 4.50. The lowest BCUT2D eigenvalue weighted by Crippen LogP contribution is -2.12. The Morgan fingerprint density at radius 3 is 2.41 bits per heavy atom. The second-order valence-corrected chi connectivity index (χ2v) is 10.8. The first kappa shape index (κ1) is 22.3. The van der Waals surface area contributed by atoms with Gasteiger partial charge in [-0.25, -0.2) is 12.8 Å². The van der Waals surface area contributed by atoms with Crippen LogP contribution in [0.15, 0.2) is 62.7 Å². The fourth-order valence-electron chi connectivity index (χ4n) is 2.94. The minimum Gasteiger partial charge on any atom is -0.493 e. The lowest BCUT2D eigenvalue weighted by Gasteiger charge is -2.13. The summed E-state index contributed by atoms with van der Waals surface area (Å²) in [6.45, 7) is 0. The first-order valence-electron chi connectivity index (χ1n) is 9.07. The molecule has 166 valence electrons. The molecule has 0 atom stereocenters. The molecular weight excluding hydrogens is 523 g/mol. The molecule has 0 spiro atoms. The van der Waals surface area contributed by atoms with Gasteiger partial charge in [-0.15, -0.1) is 11.3 Å². The number of thiophene rings is 1. The van der Waals surface area contributed by atoms with Crippen LogP contribution in [0.3, 0.4) is 0 Å². The van der Waals surface area contributed by atoms with Crippen molar-refractivity contribution in [2.75, 3.05) is 18.9 Å². The Balaban J connectivity index is 1.62. The van der Waals surface area contributed by atoms with Gasteiger partial charge >= 0.3 is 0 Å². The fraction of sp³-hybridized carbons (Fsp3) is 0.0952. The number of hydrogen-bond acceptors (Lipinski definition) is 7. The number of ether oxygens (including phenoxy) is 3. The summed E-state index contributed by atoms with van der Waals surface area (Å²) in [7, 11) is -0.860. The molecule has 0 fully saturated rings. The van der Waals surface area contributed by atoms with E-state index in [0.717, 1.165) is 17.4 Å². The van der Waals surface area contributed by atoms with Crippen molar-refractivity contribution >= 4 is 53.9 Å². The van der Waals surface area contributed by atoms with E-state index < -0.39 is 15.8 Å². The van der Waals surface area contributed by atoms with Gasteiger partial charge in [0.05, 0.1) is 29.2 Å². The van der Waals surface area contributed by atoms with Gasteiger partial charge in [-0.2, -0.15) is 0 Å². The topological polar surface area (TPSA) is 86.8 Å². The summed E-state index contributed by atoms with van der Waals surface area (Å²) < 4.78 is 59.0. The van der Waals surface area contributed by atoms with Crippen molar-refractivity contribution in [1.82, 2.24) is 4.98 Å². The van der Waals surface area contributed by atoms with Gasteiger partial charge in [-0.3, -0.25) is 9.71 Å². The maximum Gasteiger partial charge on any atom is 0.271 e. The number of nitrogens with zero attached hydrogens (tertiary/aromatic N) is 1. The van der Waals surface area contributed by atoms with E-state index in [9.17, 15) is 12.8 Å². The minimum absolute atomic E-state index is 0.0664. The number of anilines is 1. The van der Waals surface area contributed by atoms with E-state index in [-0.39, 0.29) is 15.6 Å². The Hall–Kier alpha value is -2.89. The van der Waals surface area contributed by atoms with Crippen LogP contribution in [-0.4, -0.2) is 27.6 Å². The number of halogens is 2. The molecule has 0 saturated heterocycles. The van der Waals surface area contributed by atoms with Crippen LogP contribution in [0.4, 0.5) is 10.1 Å². The second-order valence-electron chi connectivity index (χ2n) is 6.44. The van der Waals surface area contributed by atoms with E-state index in [1.165, 1.54) is 32.4 Å². The van der Waals surface area contributed by atoms with Gasteiger partial charge in [0.1, 0.15) is 15.7 Å². The highest BCUT2D eigenvalue weighted by Crippen LogP contribution is 2.37. The van der Waals surface area contributed by atoms with Crippen molar-refractivity contribution in [2.24, 2.45) is 0 Å². The minimum atomic E-state index is -3.91. The molecule has 0 amide bonds. The molecule has 32 heavy (non-hydrogen) atoms. The summed E-state index contributed by atoms with van der Waals surface area (Å²) in [4.78, 5) is 4.30. The molecule has 2 heterocycles. The number of hydrogen-bond donors (Lipinski definition) is 1. The first-order valence-corrected chi connectivity index (χ1v) is 12.2. The van der Waals surface area contributed by atoms with Gasteiger partial charge in [-0.05, 0) is 52.3 Å². The Bertz CT molecular complexity index is 1410. The molecular formula is C21H16BrFN2O5S2. The van der Waals surface area contributed by atoms with Crippen LogP contribution in [0.25, 0.3) is 10.9 Å². The third-order valence-electron chi connectivity index (χ3n) is 4.43. The van der Waals surface area contributed by atoms with Crippen molar-refractivity contribution in [3.63, 3.8) is 0 Å². The summed E-state index contributed by atoms with van der Waals surface area (Å²) in [5.41, 5.74) is 0.417. The Labute approximate surface area is 196 Å². The molecule has 0 aliphatic carbocycles. The van der Waals surface area contributed by atoms with Gasteiger partial charge in [0.25, 0.3) is 10.0 Å². The smallest absolute Gasteiger partial charge is 0.271 e. The van der Waals surface area contributed by atoms with E-state index in [4.69, 9.17) is 14.2 Å². The number of pyridine rings is 1. The summed E-state index contributed by atoms with van der Waals surface area (Å²) >= 11 is 4.24. The van der Waals surface area contributed by atoms with Crippen LogP contribution < -0.4 is 18.9 Å². The Morgan fingerprint density at radius 1 is 1.00 bits per heavy atom. The van der Waals surface area contributed by atoms with Crippen LogP contribution in [0, 0.1) is 5.82 Å². The van der Waals surface area contributed by atoms with E-state index in [1.807, 2.05) is 0 Å². The molecule has 0 saturated carbocycles. The second kappa shape index (κ2) is 8.93. The quantitative estimate of drug-likeness (QED) is 0.319. The number of nitrogens with one attached hydrogen (secondary N) is 1. The largest absolute Gasteiger partial charge is 0.493 e. The molecule has 4 aromatic rings. The molecule has 1 N–H and O–H groups in total. The zero-order valence-electron chi connectivity index (χ0n) is 16.8. The maximum absolute atomic E-state index is 14.7. The molecule has 0 aliphatic rings. The van der Waals surface area contributed by atoms with E-state index in [2.05, 4.69) is 25.6 Å². The van der Waals surface area contributed by atoms with Crippen molar-refractivity contribution in [3.05, 3.63) is 64.3 Å². The van der Waals surface area contributed by atoms with E-state index in [1.54, 1.807) is 30.5 Å².